The third-order valence-corrected chi connectivity index (χ3v) is 4.52. The van der Waals surface area contributed by atoms with Crippen LogP contribution in [0, 0.1) is 0 Å². The van der Waals surface area contributed by atoms with E-state index in [1.54, 1.807) is 6.07 Å². The topological polar surface area (TPSA) is 78.4 Å². The number of carbonyl (C=O) groups excluding carboxylic acids is 1. The standard InChI is InChI=1S/C15H20N2O3S/c18-14(19)7-6-11-3-1-4-12(9-11)16-15(20)17-13-5-2-8-21-10-13/h1,3-4,9,13H,2,5-8,10H2,(H,18,19)(H2,16,17,20). The van der Waals surface area contributed by atoms with Crippen LogP contribution in [0.25, 0.3) is 0 Å². The summed E-state index contributed by atoms with van der Waals surface area (Å²) < 4.78 is 0. The van der Waals surface area contributed by atoms with Gasteiger partial charge in [0.05, 0.1) is 0 Å². The van der Waals surface area contributed by atoms with Crippen molar-refractivity contribution in [3.8, 4) is 0 Å². The summed E-state index contributed by atoms with van der Waals surface area (Å²) >= 11 is 1.86. The highest BCUT2D eigenvalue weighted by Gasteiger charge is 2.15. The number of carboxylic acid groups (broad SMARTS) is 1. The molecule has 5 nitrogen and oxygen atoms in total. The molecule has 0 saturated carbocycles. The van der Waals surface area contributed by atoms with E-state index >= 15 is 0 Å². The molecule has 1 aromatic rings. The number of aryl methyl sites for hydroxylation is 1. The molecule has 1 heterocycles. The number of amides is 2. The lowest BCUT2D eigenvalue weighted by molar-refractivity contribution is -0.136. The van der Waals surface area contributed by atoms with Crippen LogP contribution in [0.3, 0.4) is 0 Å². The Kier molecular flexibility index (Phi) is 5.92. The Hall–Kier alpha value is -1.69. The lowest BCUT2D eigenvalue weighted by atomic mass is 10.1. The fourth-order valence-corrected chi connectivity index (χ4v) is 3.33. The minimum atomic E-state index is -0.819. The highest BCUT2D eigenvalue weighted by atomic mass is 32.2. The van der Waals surface area contributed by atoms with Crippen molar-refractivity contribution in [1.29, 1.82) is 0 Å². The van der Waals surface area contributed by atoms with Crippen LogP contribution in [0.1, 0.15) is 24.8 Å². The maximum absolute atomic E-state index is 11.9. The third kappa shape index (κ3) is 5.67. The van der Waals surface area contributed by atoms with Crippen molar-refractivity contribution in [2.24, 2.45) is 0 Å². The van der Waals surface area contributed by atoms with Gasteiger partial charge >= 0.3 is 12.0 Å². The molecule has 0 bridgehead atoms. The molecule has 2 amide bonds. The molecule has 1 unspecified atom stereocenters. The van der Waals surface area contributed by atoms with Crippen LogP contribution in [0.5, 0.6) is 0 Å². The van der Waals surface area contributed by atoms with E-state index in [1.165, 1.54) is 5.75 Å². The predicted molar refractivity (Wildman–Crippen MR) is 84.9 cm³/mol. The number of urea groups is 1. The number of benzene rings is 1. The number of hydrogen-bond acceptors (Lipinski definition) is 3. The fourth-order valence-electron chi connectivity index (χ4n) is 2.26. The van der Waals surface area contributed by atoms with Gasteiger partial charge in [-0.05, 0) is 42.7 Å². The zero-order valence-electron chi connectivity index (χ0n) is 11.8. The molecule has 21 heavy (non-hydrogen) atoms. The molecule has 1 aromatic carbocycles. The van der Waals surface area contributed by atoms with E-state index in [-0.39, 0.29) is 18.5 Å². The van der Waals surface area contributed by atoms with Crippen molar-refractivity contribution < 1.29 is 14.7 Å². The molecule has 2 rings (SSSR count). The first-order valence-electron chi connectivity index (χ1n) is 7.09. The molecule has 1 fully saturated rings. The van der Waals surface area contributed by atoms with Crippen LogP contribution in [0.15, 0.2) is 24.3 Å². The molecule has 6 heteroatoms. The normalized spacial score (nSPS) is 18.0. The van der Waals surface area contributed by atoms with Crippen molar-refractivity contribution in [3.05, 3.63) is 29.8 Å². The van der Waals surface area contributed by atoms with E-state index in [0.717, 1.165) is 24.2 Å². The lowest BCUT2D eigenvalue weighted by Gasteiger charge is -2.22. The first-order chi connectivity index (χ1) is 10.1. The Morgan fingerprint density at radius 3 is 2.95 bits per heavy atom. The minimum Gasteiger partial charge on any atom is -0.481 e. The van der Waals surface area contributed by atoms with Gasteiger partial charge in [-0.3, -0.25) is 4.79 Å². The number of anilines is 1. The monoisotopic (exact) mass is 308 g/mol. The predicted octanol–water partition coefficient (Wildman–Crippen LogP) is 2.72. The molecule has 3 N–H and O–H groups in total. The number of carboxylic acids is 1. The Morgan fingerprint density at radius 1 is 1.38 bits per heavy atom. The fraction of sp³-hybridized carbons (Fsp3) is 0.467. The van der Waals surface area contributed by atoms with Gasteiger partial charge in [0.2, 0.25) is 0 Å². The lowest BCUT2D eigenvalue weighted by Crippen LogP contribution is -2.40. The summed E-state index contributed by atoms with van der Waals surface area (Å²) in [5.41, 5.74) is 1.60. The highest BCUT2D eigenvalue weighted by Crippen LogP contribution is 2.17. The maximum Gasteiger partial charge on any atom is 0.319 e. The highest BCUT2D eigenvalue weighted by molar-refractivity contribution is 7.99. The van der Waals surface area contributed by atoms with E-state index in [2.05, 4.69) is 10.6 Å². The Balaban J connectivity index is 1.85. The number of thioether (sulfide) groups is 1. The van der Waals surface area contributed by atoms with Crippen LogP contribution in [-0.2, 0) is 11.2 Å². The van der Waals surface area contributed by atoms with E-state index < -0.39 is 5.97 Å². The van der Waals surface area contributed by atoms with Crippen LogP contribution >= 0.6 is 11.8 Å². The van der Waals surface area contributed by atoms with Gasteiger partial charge in [0.1, 0.15) is 0 Å². The average molecular weight is 308 g/mol. The van der Waals surface area contributed by atoms with Gasteiger partial charge in [0.25, 0.3) is 0 Å². The molecule has 0 radical (unpaired) electrons. The van der Waals surface area contributed by atoms with Crippen molar-refractivity contribution >= 4 is 29.4 Å². The number of nitrogens with one attached hydrogen (secondary N) is 2. The summed E-state index contributed by atoms with van der Waals surface area (Å²) in [6, 6.07) is 7.35. The third-order valence-electron chi connectivity index (χ3n) is 3.31. The zero-order chi connectivity index (χ0) is 15.1. The number of aliphatic carboxylic acids is 1. The Bertz CT molecular complexity index is 501. The molecule has 0 aliphatic carbocycles. The van der Waals surface area contributed by atoms with Gasteiger partial charge in [0, 0.05) is 23.9 Å². The molecular formula is C15H20N2O3S. The first-order valence-corrected chi connectivity index (χ1v) is 8.25. The molecule has 1 aliphatic rings. The van der Waals surface area contributed by atoms with Crippen LogP contribution in [0.2, 0.25) is 0 Å². The largest absolute Gasteiger partial charge is 0.481 e. The smallest absolute Gasteiger partial charge is 0.319 e. The van der Waals surface area contributed by atoms with Gasteiger partial charge in [-0.2, -0.15) is 11.8 Å². The quantitative estimate of drug-likeness (QED) is 0.781. The summed E-state index contributed by atoms with van der Waals surface area (Å²) in [5.74, 6) is 1.32. The van der Waals surface area contributed by atoms with Crippen LogP contribution in [-0.4, -0.2) is 34.7 Å². The van der Waals surface area contributed by atoms with Crippen LogP contribution in [0.4, 0.5) is 10.5 Å². The molecule has 1 atom stereocenters. The molecule has 1 saturated heterocycles. The van der Waals surface area contributed by atoms with Crippen molar-refractivity contribution in [2.45, 2.75) is 31.7 Å². The summed E-state index contributed by atoms with van der Waals surface area (Å²) in [5, 5.41) is 14.5. The number of carbonyl (C=O) groups is 2. The van der Waals surface area contributed by atoms with E-state index in [0.29, 0.717) is 12.1 Å². The van der Waals surface area contributed by atoms with Crippen LogP contribution < -0.4 is 10.6 Å². The molecular weight excluding hydrogens is 288 g/mol. The van der Waals surface area contributed by atoms with E-state index in [1.807, 2.05) is 30.0 Å². The number of hydrogen-bond donors (Lipinski definition) is 3. The first kappa shape index (κ1) is 15.7. The van der Waals surface area contributed by atoms with Gasteiger partial charge in [-0.25, -0.2) is 4.79 Å². The number of rotatable bonds is 5. The molecule has 0 aromatic heterocycles. The minimum absolute atomic E-state index is 0.0922. The molecule has 0 spiro atoms. The summed E-state index contributed by atoms with van der Waals surface area (Å²) in [4.78, 5) is 22.5. The second-order valence-electron chi connectivity index (χ2n) is 5.11. The van der Waals surface area contributed by atoms with Gasteiger partial charge in [-0.15, -0.1) is 0 Å². The summed E-state index contributed by atoms with van der Waals surface area (Å²) in [6.07, 6.45) is 2.72. The van der Waals surface area contributed by atoms with Crippen molar-refractivity contribution in [2.75, 3.05) is 16.8 Å². The van der Waals surface area contributed by atoms with E-state index in [9.17, 15) is 9.59 Å². The zero-order valence-corrected chi connectivity index (χ0v) is 12.6. The maximum atomic E-state index is 11.9. The van der Waals surface area contributed by atoms with E-state index in [4.69, 9.17) is 5.11 Å². The second kappa shape index (κ2) is 7.93. The van der Waals surface area contributed by atoms with Gasteiger partial charge in [-0.1, -0.05) is 12.1 Å². The molecule has 1 aliphatic heterocycles. The average Bonchev–Trinajstić information content (AvgIpc) is 2.46. The summed E-state index contributed by atoms with van der Waals surface area (Å²) in [7, 11) is 0. The van der Waals surface area contributed by atoms with Gasteiger partial charge < -0.3 is 15.7 Å². The van der Waals surface area contributed by atoms with Crippen molar-refractivity contribution in [3.63, 3.8) is 0 Å². The van der Waals surface area contributed by atoms with Gasteiger partial charge in [0.15, 0.2) is 0 Å². The molecule has 114 valence electrons. The Morgan fingerprint density at radius 2 is 2.24 bits per heavy atom. The second-order valence-corrected chi connectivity index (χ2v) is 6.26. The summed E-state index contributed by atoms with van der Waals surface area (Å²) in [6.45, 7) is 0. The Labute approximate surface area is 128 Å². The SMILES string of the molecule is O=C(O)CCc1cccc(NC(=O)NC2CCCSC2)c1. The van der Waals surface area contributed by atoms with Crippen molar-refractivity contribution in [1.82, 2.24) is 5.32 Å².